The summed E-state index contributed by atoms with van der Waals surface area (Å²) in [5.74, 6) is -0.812. The summed E-state index contributed by atoms with van der Waals surface area (Å²) in [7, 11) is 0. The average Bonchev–Trinajstić information content (AvgIpc) is 2.35. The van der Waals surface area contributed by atoms with Crippen molar-refractivity contribution in [3.8, 4) is 0 Å². The highest BCUT2D eigenvalue weighted by Gasteiger charge is 2.06. The minimum absolute atomic E-state index is 0.102. The van der Waals surface area contributed by atoms with E-state index >= 15 is 0 Å². The molecule has 0 saturated heterocycles. The van der Waals surface area contributed by atoms with Gasteiger partial charge in [0.15, 0.2) is 6.29 Å². The van der Waals surface area contributed by atoms with Crippen molar-refractivity contribution in [3.63, 3.8) is 0 Å². The highest BCUT2D eigenvalue weighted by Crippen LogP contribution is 2.22. The van der Waals surface area contributed by atoms with Gasteiger partial charge >= 0.3 is 5.97 Å². The zero-order valence-corrected chi connectivity index (χ0v) is 9.22. The fourth-order valence-corrected chi connectivity index (χ4v) is 1.95. The van der Waals surface area contributed by atoms with Gasteiger partial charge in [0.25, 0.3) is 0 Å². The Morgan fingerprint density at radius 1 is 1.12 bits per heavy atom. The van der Waals surface area contributed by atoms with Crippen molar-refractivity contribution in [1.29, 1.82) is 0 Å². The molecular weight excluding hydrogens is 216 g/mol. The summed E-state index contributed by atoms with van der Waals surface area (Å²) in [5, 5.41) is 10.5. The fraction of sp³-hybridized carbons (Fsp3) is 0.143. The molecule has 0 aliphatic rings. The molecule has 86 valence electrons. The standard InChI is InChI=1S/C14H12O3/c15-9-11-6-5-10(7-8-14(16)17)12-3-1-2-4-13(11)12/h1-6,9H,7-8H2,(H,16,17). The summed E-state index contributed by atoms with van der Waals surface area (Å²) in [6.07, 6.45) is 1.41. The molecule has 17 heavy (non-hydrogen) atoms. The van der Waals surface area contributed by atoms with Gasteiger partial charge in [-0.2, -0.15) is 0 Å². The number of carbonyl (C=O) groups is 2. The number of carboxylic acid groups (broad SMARTS) is 1. The fourth-order valence-electron chi connectivity index (χ4n) is 1.95. The Morgan fingerprint density at radius 3 is 2.47 bits per heavy atom. The van der Waals surface area contributed by atoms with Gasteiger partial charge in [-0.3, -0.25) is 9.59 Å². The molecule has 0 heterocycles. The van der Waals surface area contributed by atoms with Crippen molar-refractivity contribution in [2.24, 2.45) is 0 Å². The summed E-state index contributed by atoms with van der Waals surface area (Å²) in [5.41, 5.74) is 1.60. The predicted octanol–water partition coefficient (Wildman–Crippen LogP) is 2.67. The van der Waals surface area contributed by atoms with Gasteiger partial charge in [-0.15, -0.1) is 0 Å². The van der Waals surface area contributed by atoms with Crippen molar-refractivity contribution in [3.05, 3.63) is 47.5 Å². The van der Waals surface area contributed by atoms with Gasteiger partial charge in [0.05, 0.1) is 0 Å². The number of aldehydes is 1. The Morgan fingerprint density at radius 2 is 1.82 bits per heavy atom. The second-order valence-corrected chi connectivity index (χ2v) is 3.87. The van der Waals surface area contributed by atoms with Crippen molar-refractivity contribution < 1.29 is 14.7 Å². The molecule has 2 aromatic rings. The molecule has 0 bridgehead atoms. The van der Waals surface area contributed by atoms with Crippen LogP contribution < -0.4 is 0 Å². The van der Waals surface area contributed by atoms with E-state index in [1.165, 1.54) is 0 Å². The molecule has 3 heteroatoms. The van der Waals surface area contributed by atoms with E-state index in [-0.39, 0.29) is 6.42 Å². The van der Waals surface area contributed by atoms with E-state index in [2.05, 4.69) is 0 Å². The highest BCUT2D eigenvalue weighted by molar-refractivity contribution is 5.99. The molecule has 2 aromatic carbocycles. The lowest BCUT2D eigenvalue weighted by Gasteiger charge is -2.07. The lowest BCUT2D eigenvalue weighted by Crippen LogP contribution is -1.98. The molecule has 3 nitrogen and oxygen atoms in total. The number of hydrogen-bond donors (Lipinski definition) is 1. The molecule has 1 N–H and O–H groups in total. The van der Waals surface area contributed by atoms with Crippen LogP contribution in [0.3, 0.4) is 0 Å². The van der Waals surface area contributed by atoms with E-state index in [4.69, 9.17) is 5.11 Å². The first-order valence-corrected chi connectivity index (χ1v) is 5.40. The lowest BCUT2D eigenvalue weighted by molar-refractivity contribution is -0.136. The number of rotatable bonds is 4. The molecule has 0 fully saturated rings. The molecular formula is C14H12O3. The zero-order valence-electron chi connectivity index (χ0n) is 9.22. The summed E-state index contributed by atoms with van der Waals surface area (Å²) >= 11 is 0. The van der Waals surface area contributed by atoms with E-state index in [0.717, 1.165) is 22.6 Å². The van der Waals surface area contributed by atoms with Gasteiger partial charge in [-0.25, -0.2) is 0 Å². The first-order valence-electron chi connectivity index (χ1n) is 5.40. The van der Waals surface area contributed by atoms with E-state index < -0.39 is 5.97 Å². The number of carbonyl (C=O) groups excluding carboxylic acids is 1. The number of benzene rings is 2. The van der Waals surface area contributed by atoms with Gasteiger partial charge in [-0.05, 0) is 22.8 Å². The van der Waals surface area contributed by atoms with Crippen molar-refractivity contribution in [2.45, 2.75) is 12.8 Å². The molecule has 0 aliphatic carbocycles. The third kappa shape index (κ3) is 2.33. The summed E-state index contributed by atoms with van der Waals surface area (Å²) < 4.78 is 0. The van der Waals surface area contributed by atoms with Gasteiger partial charge < -0.3 is 5.11 Å². The van der Waals surface area contributed by atoms with Crippen LogP contribution in [0, 0.1) is 0 Å². The maximum absolute atomic E-state index is 10.9. The lowest BCUT2D eigenvalue weighted by atomic mass is 9.97. The maximum atomic E-state index is 10.9. The molecule has 0 spiro atoms. The smallest absolute Gasteiger partial charge is 0.303 e. The Labute approximate surface area is 98.7 Å². The van der Waals surface area contributed by atoms with Crippen LogP contribution in [0.5, 0.6) is 0 Å². The number of fused-ring (bicyclic) bond motifs is 1. The van der Waals surface area contributed by atoms with E-state index in [1.807, 2.05) is 30.3 Å². The minimum atomic E-state index is -0.812. The third-order valence-corrected chi connectivity index (χ3v) is 2.78. The van der Waals surface area contributed by atoms with Crippen LogP contribution in [0.15, 0.2) is 36.4 Å². The third-order valence-electron chi connectivity index (χ3n) is 2.78. The van der Waals surface area contributed by atoms with Crippen molar-refractivity contribution in [1.82, 2.24) is 0 Å². The molecule has 2 rings (SSSR count). The molecule has 0 aliphatic heterocycles. The molecule has 0 amide bonds. The van der Waals surface area contributed by atoms with Gasteiger partial charge in [0.2, 0.25) is 0 Å². The Hall–Kier alpha value is -2.16. The summed E-state index contributed by atoms with van der Waals surface area (Å²) in [6, 6.07) is 11.1. The summed E-state index contributed by atoms with van der Waals surface area (Å²) in [4.78, 5) is 21.5. The zero-order chi connectivity index (χ0) is 12.3. The van der Waals surface area contributed by atoms with Crippen LogP contribution >= 0.6 is 0 Å². The number of aliphatic carboxylic acids is 1. The van der Waals surface area contributed by atoms with Gasteiger partial charge in [-0.1, -0.05) is 36.4 Å². The van der Waals surface area contributed by atoms with Gasteiger partial charge in [0.1, 0.15) is 0 Å². The molecule has 0 aromatic heterocycles. The topological polar surface area (TPSA) is 54.4 Å². The number of hydrogen-bond acceptors (Lipinski definition) is 2. The Kier molecular flexibility index (Phi) is 3.19. The molecule has 0 radical (unpaired) electrons. The van der Waals surface area contributed by atoms with Crippen molar-refractivity contribution in [2.75, 3.05) is 0 Å². The second kappa shape index (κ2) is 4.78. The first kappa shape index (κ1) is 11.3. The normalized spacial score (nSPS) is 10.4. The Balaban J connectivity index is 2.50. The largest absolute Gasteiger partial charge is 0.481 e. The number of aryl methyl sites for hydroxylation is 1. The van der Waals surface area contributed by atoms with Crippen LogP contribution in [0.1, 0.15) is 22.3 Å². The molecule has 0 unspecified atom stereocenters. The monoisotopic (exact) mass is 228 g/mol. The van der Waals surface area contributed by atoms with Crippen LogP contribution in [-0.4, -0.2) is 17.4 Å². The van der Waals surface area contributed by atoms with Crippen LogP contribution in [0.4, 0.5) is 0 Å². The predicted molar refractivity (Wildman–Crippen MR) is 65.3 cm³/mol. The maximum Gasteiger partial charge on any atom is 0.303 e. The first-order chi connectivity index (χ1) is 8.22. The molecule has 0 saturated carbocycles. The van der Waals surface area contributed by atoms with Gasteiger partial charge in [0, 0.05) is 12.0 Å². The van der Waals surface area contributed by atoms with Crippen LogP contribution in [0.2, 0.25) is 0 Å². The quantitative estimate of drug-likeness (QED) is 0.818. The Bertz CT molecular complexity index is 573. The SMILES string of the molecule is O=Cc1ccc(CCC(=O)O)c2ccccc12. The van der Waals surface area contributed by atoms with Crippen LogP contribution in [0.25, 0.3) is 10.8 Å². The minimum Gasteiger partial charge on any atom is -0.481 e. The average molecular weight is 228 g/mol. The number of carboxylic acids is 1. The highest BCUT2D eigenvalue weighted by atomic mass is 16.4. The van der Waals surface area contributed by atoms with Crippen molar-refractivity contribution >= 4 is 23.0 Å². The summed E-state index contributed by atoms with van der Waals surface area (Å²) in [6.45, 7) is 0. The second-order valence-electron chi connectivity index (χ2n) is 3.87. The molecule has 0 atom stereocenters. The van der Waals surface area contributed by atoms with Crippen LogP contribution in [-0.2, 0) is 11.2 Å². The van der Waals surface area contributed by atoms with E-state index in [1.54, 1.807) is 6.07 Å². The van der Waals surface area contributed by atoms with E-state index in [0.29, 0.717) is 12.0 Å². The van der Waals surface area contributed by atoms with E-state index in [9.17, 15) is 9.59 Å².